The number of ether oxygens (including phenoxy) is 1. The summed E-state index contributed by atoms with van der Waals surface area (Å²) in [6, 6.07) is 9.37. The molecule has 1 aromatic heterocycles. The van der Waals surface area contributed by atoms with E-state index in [0.29, 0.717) is 38.4 Å². The Morgan fingerprint density at radius 1 is 1.22 bits per heavy atom. The molecule has 1 aromatic carbocycles. The number of morpholine rings is 1. The number of halogens is 1. The van der Waals surface area contributed by atoms with Crippen LogP contribution in [0.5, 0.6) is 0 Å². The lowest BCUT2D eigenvalue weighted by Gasteiger charge is -2.34. The average Bonchev–Trinajstić information content (AvgIpc) is 3.19. The summed E-state index contributed by atoms with van der Waals surface area (Å²) in [7, 11) is 3.85. The molecule has 1 saturated heterocycles. The van der Waals surface area contributed by atoms with Crippen molar-refractivity contribution < 1.29 is 18.3 Å². The number of hydrogen-bond acceptors (Lipinski definition) is 5. The zero-order valence-corrected chi connectivity index (χ0v) is 15.7. The van der Waals surface area contributed by atoms with Gasteiger partial charge in [-0.15, -0.1) is 0 Å². The first-order valence-corrected chi connectivity index (χ1v) is 9.11. The number of nitrogens with zero attached hydrogens (tertiary/aromatic N) is 2. The highest BCUT2D eigenvalue weighted by Crippen LogP contribution is 2.25. The van der Waals surface area contributed by atoms with Gasteiger partial charge in [0.2, 0.25) is 5.91 Å². The molecule has 1 N–H and O–H groups in total. The van der Waals surface area contributed by atoms with Gasteiger partial charge in [0.1, 0.15) is 17.6 Å². The molecule has 1 aliphatic rings. The molecule has 2 aromatic rings. The number of likely N-dealkylation sites (N-methyl/N-ethyl adjacent to an activating group) is 1. The largest absolute Gasteiger partial charge is 0.468 e. The summed E-state index contributed by atoms with van der Waals surface area (Å²) in [5.74, 6) is 0.175. The molecule has 2 atom stereocenters. The Hall–Kier alpha value is -2.22. The maximum atomic E-state index is 14.4. The lowest BCUT2D eigenvalue weighted by Crippen LogP contribution is -2.47. The minimum Gasteiger partial charge on any atom is -0.468 e. The molecule has 2 heterocycles. The fraction of sp³-hybridized carbons (Fsp3) is 0.450. The van der Waals surface area contributed by atoms with E-state index in [0.717, 1.165) is 5.76 Å². The lowest BCUT2D eigenvalue weighted by atomic mass is 10.0. The molecule has 1 aliphatic heterocycles. The number of carbonyl (C=O) groups excluding carboxylic acids is 1. The highest BCUT2D eigenvalue weighted by molar-refractivity contribution is 5.83. The van der Waals surface area contributed by atoms with Crippen LogP contribution in [0.3, 0.4) is 0 Å². The summed E-state index contributed by atoms with van der Waals surface area (Å²) in [4.78, 5) is 17.0. The van der Waals surface area contributed by atoms with Gasteiger partial charge < -0.3 is 14.5 Å². The van der Waals surface area contributed by atoms with E-state index in [1.165, 1.54) is 6.07 Å². The van der Waals surface area contributed by atoms with Gasteiger partial charge in [-0.3, -0.25) is 14.6 Å². The quantitative estimate of drug-likeness (QED) is 0.804. The average molecular weight is 375 g/mol. The van der Waals surface area contributed by atoms with Gasteiger partial charge in [0, 0.05) is 25.2 Å². The molecular weight excluding hydrogens is 349 g/mol. The van der Waals surface area contributed by atoms with Crippen molar-refractivity contribution in [2.24, 2.45) is 0 Å². The minimum absolute atomic E-state index is 0.102. The Kier molecular flexibility index (Phi) is 6.60. The smallest absolute Gasteiger partial charge is 0.242 e. The van der Waals surface area contributed by atoms with Gasteiger partial charge in [-0.25, -0.2) is 4.39 Å². The van der Waals surface area contributed by atoms with Crippen LogP contribution in [0.25, 0.3) is 0 Å². The summed E-state index contributed by atoms with van der Waals surface area (Å²) in [5, 5.41) is 2.99. The number of rotatable bonds is 7. The van der Waals surface area contributed by atoms with Crippen LogP contribution in [0.1, 0.15) is 23.4 Å². The standard InChI is InChI=1S/C20H26FN3O3/c1-23(2)17(18-8-5-11-27-18)14-22-20(25)19(24-9-12-26-13-10-24)15-6-3-4-7-16(15)21/h3-8,11,17,19H,9-10,12-14H2,1-2H3,(H,22,25)/t17-,19+/m0/s1. The first-order chi connectivity index (χ1) is 13.1. The molecule has 7 heteroatoms. The molecular formula is C20H26FN3O3. The van der Waals surface area contributed by atoms with Crippen molar-refractivity contribution >= 4 is 5.91 Å². The van der Waals surface area contributed by atoms with Crippen molar-refractivity contribution in [3.63, 3.8) is 0 Å². The van der Waals surface area contributed by atoms with Crippen LogP contribution in [-0.4, -0.2) is 62.7 Å². The summed E-state index contributed by atoms with van der Waals surface area (Å²) >= 11 is 0. The molecule has 146 valence electrons. The third-order valence-electron chi connectivity index (χ3n) is 4.82. The van der Waals surface area contributed by atoms with Crippen LogP contribution in [0.2, 0.25) is 0 Å². The zero-order valence-electron chi connectivity index (χ0n) is 15.7. The van der Waals surface area contributed by atoms with Crippen molar-refractivity contribution in [2.45, 2.75) is 12.1 Å². The van der Waals surface area contributed by atoms with Crippen molar-refractivity contribution in [1.82, 2.24) is 15.1 Å². The molecule has 27 heavy (non-hydrogen) atoms. The van der Waals surface area contributed by atoms with Crippen molar-refractivity contribution in [2.75, 3.05) is 46.9 Å². The Morgan fingerprint density at radius 2 is 1.96 bits per heavy atom. The zero-order chi connectivity index (χ0) is 19.2. The number of carbonyl (C=O) groups is 1. The first-order valence-electron chi connectivity index (χ1n) is 9.11. The molecule has 3 rings (SSSR count). The summed E-state index contributed by atoms with van der Waals surface area (Å²) in [5.41, 5.74) is 0.385. The maximum Gasteiger partial charge on any atom is 0.242 e. The number of amides is 1. The summed E-state index contributed by atoms with van der Waals surface area (Å²) < 4.78 is 25.3. The third kappa shape index (κ3) is 4.74. The van der Waals surface area contributed by atoms with Crippen molar-refractivity contribution in [1.29, 1.82) is 0 Å². The van der Waals surface area contributed by atoms with Gasteiger partial charge in [0.15, 0.2) is 0 Å². The van der Waals surface area contributed by atoms with E-state index in [1.807, 2.05) is 36.0 Å². The van der Waals surface area contributed by atoms with Crippen LogP contribution < -0.4 is 5.32 Å². The van der Waals surface area contributed by atoms with Crippen LogP contribution in [0.15, 0.2) is 47.1 Å². The highest BCUT2D eigenvalue weighted by Gasteiger charge is 2.31. The van der Waals surface area contributed by atoms with E-state index in [1.54, 1.807) is 24.5 Å². The molecule has 1 fully saturated rings. The fourth-order valence-electron chi connectivity index (χ4n) is 3.35. The van der Waals surface area contributed by atoms with E-state index in [-0.39, 0.29) is 17.8 Å². The summed E-state index contributed by atoms with van der Waals surface area (Å²) in [6.07, 6.45) is 1.61. The molecule has 0 unspecified atom stereocenters. The van der Waals surface area contributed by atoms with E-state index in [4.69, 9.17) is 9.15 Å². The van der Waals surface area contributed by atoms with Gasteiger partial charge in [-0.1, -0.05) is 18.2 Å². The van der Waals surface area contributed by atoms with E-state index in [9.17, 15) is 9.18 Å². The highest BCUT2D eigenvalue weighted by atomic mass is 19.1. The molecule has 6 nitrogen and oxygen atoms in total. The maximum absolute atomic E-state index is 14.4. The fourth-order valence-corrected chi connectivity index (χ4v) is 3.35. The van der Waals surface area contributed by atoms with Gasteiger partial charge in [0.05, 0.1) is 25.5 Å². The van der Waals surface area contributed by atoms with Crippen LogP contribution in [0.4, 0.5) is 4.39 Å². The Balaban J connectivity index is 1.77. The van der Waals surface area contributed by atoms with Crippen molar-refractivity contribution in [3.05, 3.63) is 59.8 Å². The molecule has 0 bridgehead atoms. The van der Waals surface area contributed by atoms with E-state index < -0.39 is 6.04 Å². The normalized spacial score (nSPS) is 17.6. The summed E-state index contributed by atoms with van der Waals surface area (Å²) in [6.45, 7) is 2.61. The third-order valence-corrected chi connectivity index (χ3v) is 4.82. The Morgan fingerprint density at radius 3 is 2.59 bits per heavy atom. The first kappa shape index (κ1) is 19.5. The molecule has 0 radical (unpaired) electrons. The topological polar surface area (TPSA) is 58.0 Å². The molecule has 0 spiro atoms. The van der Waals surface area contributed by atoms with Gasteiger partial charge >= 0.3 is 0 Å². The second-order valence-corrected chi connectivity index (χ2v) is 6.81. The van der Waals surface area contributed by atoms with Crippen LogP contribution in [-0.2, 0) is 9.53 Å². The lowest BCUT2D eigenvalue weighted by molar-refractivity contribution is -0.128. The van der Waals surface area contributed by atoms with Gasteiger partial charge in [0.25, 0.3) is 0 Å². The number of benzene rings is 1. The molecule has 0 saturated carbocycles. The predicted octanol–water partition coefficient (Wildman–Crippen LogP) is 2.21. The molecule has 0 aliphatic carbocycles. The SMILES string of the molecule is CN(C)[C@@H](CNC(=O)[C@@H](c1ccccc1F)N1CCOCC1)c1ccco1. The van der Waals surface area contributed by atoms with E-state index >= 15 is 0 Å². The van der Waals surface area contributed by atoms with Crippen LogP contribution in [0, 0.1) is 5.82 Å². The van der Waals surface area contributed by atoms with Gasteiger partial charge in [-0.2, -0.15) is 0 Å². The number of hydrogen-bond donors (Lipinski definition) is 1. The predicted molar refractivity (Wildman–Crippen MR) is 99.7 cm³/mol. The number of nitrogens with one attached hydrogen (secondary N) is 1. The molecule has 1 amide bonds. The van der Waals surface area contributed by atoms with Gasteiger partial charge in [-0.05, 0) is 32.3 Å². The van der Waals surface area contributed by atoms with E-state index in [2.05, 4.69) is 5.32 Å². The Bertz CT molecular complexity index is 730. The van der Waals surface area contributed by atoms with Crippen molar-refractivity contribution in [3.8, 4) is 0 Å². The second-order valence-electron chi connectivity index (χ2n) is 6.81. The van der Waals surface area contributed by atoms with Crippen LogP contribution >= 0.6 is 0 Å². The Labute approximate surface area is 158 Å². The number of furan rings is 1. The second kappa shape index (κ2) is 9.12. The minimum atomic E-state index is -0.686. The monoisotopic (exact) mass is 375 g/mol.